The summed E-state index contributed by atoms with van der Waals surface area (Å²) in [7, 11) is 1.28. The van der Waals surface area contributed by atoms with Crippen LogP contribution >= 0.6 is 0 Å². The van der Waals surface area contributed by atoms with Gasteiger partial charge in [-0.05, 0) is 37.0 Å². The number of carbonyl (C=O) groups excluding carboxylic acids is 1. The Labute approximate surface area is 108 Å². The minimum Gasteiger partial charge on any atom is -0.469 e. The molecule has 0 atom stereocenters. The van der Waals surface area contributed by atoms with Crippen LogP contribution < -0.4 is 0 Å². The molecule has 0 heterocycles. The van der Waals surface area contributed by atoms with Crippen LogP contribution in [0.4, 0.5) is 17.6 Å². The smallest absolute Gasteiger partial charge is 0.416 e. The maximum absolute atomic E-state index is 13.4. The Hall–Kier alpha value is -1.59. The summed E-state index contributed by atoms with van der Waals surface area (Å²) in [5.74, 6) is -1.22. The molecule has 0 saturated heterocycles. The van der Waals surface area contributed by atoms with E-state index in [4.69, 9.17) is 0 Å². The molecule has 1 aromatic carbocycles. The molecule has 0 unspecified atom stereocenters. The van der Waals surface area contributed by atoms with Crippen molar-refractivity contribution in [3.63, 3.8) is 0 Å². The Kier molecular flexibility index (Phi) is 5.32. The van der Waals surface area contributed by atoms with Gasteiger partial charge < -0.3 is 4.74 Å². The highest BCUT2D eigenvalue weighted by molar-refractivity contribution is 5.68. The zero-order valence-electron chi connectivity index (χ0n) is 10.4. The monoisotopic (exact) mass is 278 g/mol. The topological polar surface area (TPSA) is 26.3 Å². The summed E-state index contributed by atoms with van der Waals surface area (Å²) < 4.78 is 54.8. The van der Waals surface area contributed by atoms with Gasteiger partial charge in [-0.2, -0.15) is 13.2 Å². The van der Waals surface area contributed by atoms with Crippen LogP contribution in [0, 0.1) is 5.82 Å². The van der Waals surface area contributed by atoms with Gasteiger partial charge in [-0.25, -0.2) is 4.39 Å². The maximum atomic E-state index is 13.4. The van der Waals surface area contributed by atoms with Gasteiger partial charge in [0.05, 0.1) is 12.7 Å². The van der Waals surface area contributed by atoms with Gasteiger partial charge in [0.2, 0.25) is 0 Å². The second kappa shape index (κ2) is 6.54. The van der Waals surface area contributed by atoms with Crippen molar-refractivity contribution >= 4 is 5.97 Å². The fourth-order valence-electron chi connectivity index (χ4n) is 1.61. The molecule has 0 fully saturated rings. The number of halogens is 4. The van der Waals surface area contributed by atoms with Gasteiger partial charge in [0.15, 0.2) is 0 Å². The van der Waals surface area contributed by atoms with E-state index in [0.717, 1.165) is 12.1 Å². The Balaban J connectivity index is 2.54. The molecule has 0 N–H and O–H groups in total. The molecule has 0 aliphatic rings. The van der Waals surface area contributed by atoms with Crippen LogP contribution in [0.5, 0.6) is 0 Å². The average molecular weight is 278 g/mol. The summed E-state index contributed by atoms with van der Waals surface area (Å²) in [6.45, 7) is 0. The molecule has 0 radical (unpaired) electrons. The third kappa shape index (κ3) is 4.89. The van der Waals surface area contributed by atoms with Crippen molar-refractivity contribution in [1.82, 2.24) is 0 Å². The number of carbonyl (C=O) groups is 1. The number of alkyl halides is 3. The number of hydrogen-bond donors (Lipinski definition) is 0. The number of esters is 1. The Morgan fingerprint density at radius 2 is 1.95 bits per heavy atom. The second-order valence-corrected chi connectivity index (χ2v) is 4.09. The Morgan fingerprint density at radius 3 is 2.47 bits per heavy atom. The fraction of sp³-hybridized carbons (Fsp3) is 0.462. The largest absolute Gasteiger partial charge is 0.469 e. The van der Waals surface area contributed by atoms with Crippen molar-refractivity contribution in [2.24, 2.45) is 0 Å². The van der Waals surface area contributed by atoms with Crippen LogP contribution in [0.15, 0.2) is 18.2 Å². The lowest BCUT2D eigenvalue weighted by atomic mass is 10.0. The quantitative estimate of drug-likeness (QED) is 0.466. The van der Waals surface area contributed by atoms with E-state index in [1.807, 2.05) is 0 Å². The first-order valence-electron chi connectivity index (χ1n) is 5.77. The van der Waals surface area contributed by atoms with E-state index in [2.05, 4.69) is 4.74 Å². The normalized spacial score (nSPS) is 11.4. The van der Waals surface area contributed by atoms with Crippen LogP contribution in [0.3, 0.4) is 0 Å². The third-order valence-electron chi connectivity index (χ3n) is 2.69. The number of unbranched alkanes of at least 4 members (excludes halogenated alkanes) is 1. The summed E-state index contributed by atoms with van der Waals surface area (Å²) in [5, 5.41) is 0. The predicted molar refractivity (Wildman–Crippen MR) is 61.0 cm³/mol. The van der Waals surface area contributed by atoms with E-state index >= 15 is 0 Å². The van der Waals surface area contributed by atoms with Crippen molar-refractivity contribution < 1.29 is 27.1 Å². The molecule has 19 heavy (non-hydrogen) atoms. The van der Waals surface area contributed by atoms with Crippen LogP contribution in [0.25, 0.3) is 0 Å². The van der Waals surface area contributed by atoms with Crippen LogP contribution in [-0.2, 0) is 22.1 Å². The highest BCUT2D eigenvalue weighted by atomic mass is 19.4. The first-order chi connectivity index (χ1) is 8.84. The van der Waals surface area contributed by atoms with E-state index in [0.29, 0.717) is 25.3 Å². The van der Waals surface area contributed by atoms with Crippen LogP contribution in [0.1, 0.15) is 30.4 Å². The number of benzene rings is 1. The van der Waals surface area contributed by atoms with Crippen molar-refractivity contribution in [3.8, 4) is 0 Å². The Morgan fingerprint density at radius 1 is 1.26 bits per heavy atom. The lowest BCUT2D eigenvalue weighted by Crippen LogP contribution is -2.06. The molecular weight excluding hydrogens is 264 g/mol. The van der Waals surface area contributed by atoms with Crippen LogP contribution in [0.2, 0.25) is 0 Å². The van der Waals surface area contributed by atoms with E-state index < -0.39 is 17.6 Å². The Bertz CT molecular complexity index is 441. The minimum absolute atomic E-state index is 0.220. The maximum Gasteiger partial charge on any atom is 0.416 e. The first kappa shape index (κ1) is 15.5. The second-order valence-electron chi connectivity index (χ2n) is 4.09. The van der Waals surface area contributed by atoms with Crippen molar-refractivity contribution in [3.05, 3.63) is 35.1 Å². The molecule has 0 bridgehead atoms. The standard InChI is InChI=1S/C13H14F4O2/c1-19-12(18)5-3-2-4-9-6-7-10(8-11(9)14)13(15,16)17/h6-8H,2-5H2,1H3. The van der Waals surface area contributed by atoms with E-state index in [9.17, 15) is 22.4 Å². The van der Waals surface area contributed by atoms with Crippen molar-refractivity contribution in [2.75, 3.05) is 7.11 Å². The number of hydrogen-bond acceptors (Lipinski definition) is 2. The fourth-order valence-corrected chi connectivity index (χ4v) is 1.61. The first-order valence-corrected chi connectivity index (χ1v) is 5.77. The lowest BCUT2D eigenvalue weighted by molar-refractivity contribution is -0.141. The summed E-state index contributed by atoms with van der Waals surface area (Å²) in [4.78, 5) is 10.8. The van der Waals surface area contributed by atoms with Gasteiger partial charge in [0.25, 0.3) is 0 Å². The molecule has 0 amide bonds. The zero-order chi connectivity index (χ0) is 14.5. The lowest BCUT2D eigenvalue weighted by Gasteiger charge is -2.09. The summed E-state index contributed by atoms with van der Waals surface area (Å²) in [6, 6.07) is 2.49. The highest BCUT2D eigenvalue weighted by Gasteiger charge is 2.31. The highest BCUT2D eigenvalue weighted by Crippen LogP contribution is 2.30. The molecule has 106 valence electrons. The van der Waals surface area contributed by atoms with Crippen LogP contribution in [-0.4, -0.2) is 13.1 Å². The SMILES string of the molecule is COC(=O)CCCCc1ccc(C(F)(F)F)cc1F. The molecule has 6 heteroatoms. The van der Waals surface area contributed by atoms with Gasteiger partial charge in [-0.15, -0.1) is 0 Å². The predicted octanol–water partition coefficient (Wildman–Crippen LogP) is 3.73. The van der Waals surface area contributed by atoms with Crippen molar-refractivity contribution in [2.45, 2.75) is 31.9 Å². The molecule has 0 aromatic heterocycles. The molecule has 0 aliphatic heterocycles. The third-order valence-corrected chi connectivity index (χ3v) is 2.69. The number of aryl methyl sites for hydroxylation is 1. The molecular formula is C13H14F4O2. The van der Waals surface area contributed by atoms with Gasteiger partial charge in [-0.3, -0.25) is 4.79 Å². The number of methoxy groups -OCH3 is 1. The molecule has 0 saturated carbocycles. The van der Waals surface area contributed by atoms with Gasteiger partial charge in [0, 0.05) is 6.42 Å². The van der Waals surface area contributed by atoms with E-state index in [1.54, 1.807) is 0 Å². The van der Waals surface area contributed by atoms with Gasteiger partial charge in [-0.1, -0.05) is 6.07 Å². The number of rotatable bonds is 5. The summed E-state index contributed by atoms with van der Waals surface area (Å²) >= 11 is 0. The van der Waals surface area contributed by atoms with Crippen molar-refractivity contribution in [1.29, 1.82) is 0 Å². The van der Waals surface area contributed by atoms with Gasteiger partial charge >= 0.3 is 12.1 Å². The van der Waals surface area contributed by atoms with E-state index in [-0.39, 0.29) is 18.0 Å². The summed E-state index contributed by atoms with van der Waals surface area (Å²) in [5.41, 5.74) is -0.777. The average Bonchev–Trinajstić information content (AvgIpc) is 2.34. The van der Waals surface area contributed by atoms with Gasteiger partial charge in [0.1, 0.15) is 5.82 Å². The molecule has 1 aromatic rings. The minimum atomic E-state index is -4.54. The molecule has 0 aliphatic carbocycles. The molecule has 0 spiro atoms. The molecule has 1 rings (SSSR count). The molecule has 2 nitrogen and oxygen atoms in total. The van der Waals surface area contributed by atoms with E-state index in [1.165, 1.54) is 7.11 Å². The summed E-state index contributed by atoms with van der Waals surface area (Å²) in [6.07, 6.45) is -3.01. The number of ether oxygens (including phenoxy) is 1. The zero-order valence-corrected chi connectivity index (χ0v) is 10.4.